The number of benzene rings is 3. The van der Waals surface area contributed by atoms with Gasteiger partial charge in [-0.15, -0.1) is 0 Å². The lowest BCUT2D eigenvalue weighted by Crippen LogP contribution is -2.32. The van der Waals surface area contributed by atoms with E-state index in [4.69, 9.17) is 4.74 Å². The summed E-state index contributed by atoms with van der Waals surface area (Å²) in [7, 11) is -2.06. The fraction of sp³-hybridized carbons (Fsp3) is 0.167. The van der Waals surface area contributed by atoms with Crippen molar-refractivity contribution in [3.8, 4) is 5.75 Å². The predicted octanol–water partition coefficient (Wildman–Crippen LogP) is 3.82. The molecular weight excluding hydrogens is 426 g/mol. The normalized spacial score (nSPS) is 11.7. The highest BCUT2D eigenvalue weighted by Crippen LogP contribution is 2.25. The van der Waals surface area contributed by atoms with Gasteiger partial charge in [0.2, 0.25) is 10.0 Å². The van der Waals surface area contributed by atoms with Crippen molar-refractivity contribution in [3.05, 3.63) is 95.6 Å². The first kappa shape index (κ1) is 23.0. The number of rotatable bonds is 8. The number of methoxy groups -OCH3 is 1. The van der Waals surface area contributed by atoms with Gasteiger partial charge in [-0.3, -0.25) is 9.10 Å². The van der Waals surface area contributed by atoms with E-state index in [0.29, 0.717) is 5.71 Å². The topological polar surface area (TPSA) is 88.1 Å². The minimum Gasteiger partial charge on any atom is -0.497 e. The molecule has 0 spiro atoms. The van der Waals surface area contributed by atoms with E-state index in [9.17, 15) is 13.2 Å². The third-order valence-corrected chi connectivity index (χ3v) is 5.95. The molecule has 0 heterocycles. The molecule has 8 heteroatoms. The van der Waals surface area contributed by atoms with Gasteiger partial charge >= 0.3 is 0 Å². The second-order valence-electron chi connectivity index (χ2n) is 7.14. The molecule has 0 unspecified atom stereocenters. The lowest BCUT2D eigenvalue weighted by Gasteiger charge is -2.24. The zero-order chi connectivity index (χ0) is 23.1. The van der Waals surface area contributed by atoms with Crippen molar-refractivity contribution in [1.29, 1.82) is 0 Å². The zero-order valence-electron chi connectivity index (χ0n) is 18.1. The number of sulfonamides is 1. The van der Waals surface area contributed by atoms with Crippen molar-refractivity contribution < 1.29 is 17.9 Å². The van der Waals surface area contributed by atoms with Crippen LogP contribution in [0.15, 0.2) is 84.0 Å². The maximum Gasteiger partial charge on any atom is 0.273 e. The fourth-order valence-corrected chi connectivity index (χ4v) is 4.01. The molecule has 3 aromatic carbocycles. The molecule has 0 radical (unpaired) electrons. The standard InChI is InChI=1S/C24H25N3O4S/c1-18(20-13-15-21(31-2)16-14-20)25-26-24(28)22-11-7-8-12-23(22)27(32(3,29)30)17-19-9-5-4-6-10-19/h4-16H,17H2,1-3H3,(H,26,28)/b25-18+. The lowest BCUT2D eigenvalue weighted by atomic mass is 10.1. The Morgan fingerprint density at radius 1 is 0.969 bits per heavy atom. The van der Waals surface area contributed by atoms with E-state index >= 15 is 0 Å². The summed E-state index contributed by atoms with van der Waals surface area (Å²) in [6.45, 7) is 1.88. The summed E-state index contributed by atoms with van der Waals surface area (Å²) in [5.41, 5.74) is 5.25. The van der Waals surface area contributed by atoms with Gasteiger partial charge in [-0.25, -0.2) is 13.8 Å². The third-order valence-electron chi connectivity index (χ3n) is 4.82. The van der Waals surface area contributed by atoms with Gasteiger partial charge in [-0.2, -0.15) is 5.10 Å². The van der Waals surface area contributed by atoms with E-state index in [2.05, 4.69) is 10.5 Å². The summed E-state index contributed by atoms with van der Waals surface area (Å²) in [5, 5.41) is 4.18. The van der Waals surface area contributed by atoms with Crippen molar-refractivity contribution in [2.24, 2.45) is 5.10 Å². The maximum absolute atomic E-state index is 12.9. The monoisotopic (exact) mass is 451 g/mol. The molecule has 1 amide bonds. The van der Waals surface area contributed by atoms with Gasteiger partial charge in [-0.05, 0) is 54.4 Å². The van der Waals surface area contributed by atoms with Crippen molar-refractivity contribution in [1.82, 2.24) is 5.43 Å². The molecule has 3 aromatic rings. The highest BCUT2D eigenvalue weighted by atomic mass is 32.2. The van der Waals surface area contributed by atoms with Crippen LogP contribution in [0.25, 0.3) is 0 Å². The Labute approximate surface area is 188 Å². The molecule has 0 atom stereocenters. The average molecular weight is 452 g/mol. The number of ether oxygens (including phenoxy) is 1. The third kappa shape index (κ3) is 5.73. The molecule has 0 saturated heterocycles. The first-order valence-corrected chi connectivity index (χ1v) is 11.7. The van der Waals surface area contributed by atoms with Gasteiger partial charge in [0.15, 0.2) is 0 Å². The molecule has 0 aromatic heterocycles. The molecular formula is C24H25N3O4S. The first-order valence-electron chi connectivity index (χ1n) is 9.89. The van der Waals surface area contributed by atoms with Crippen LogP contribution in [0.2, 0.25) is 0 Å². The van der Waals surface area contributed by atoms with Gasteiger partial charge in [0.25, 0.3) is 5.91 Å². The number of hydrazone groups is 1. The van der Waals surface area contributed by atoms with Gasteiger partial charge in [0.05, 0.1) is 36.9 Å². The number of amides is 1. The minimum atomic E-state index is -3.65. The van der Waals surface area contributed by atoms with Gasteiger partial charge in [0.1, 0.15) is 5.75 Å². The molecule has 1 N–H and O–H groups in total. The van der Waals surface area contributed by atoms with Crippen LogP contribution in [-0.2, 0) is 16.6 Å². The summed E-state index contributed by atoms with van der Waals surface area (Å²) in [4.78, 5) is 12.9. The zero-order valence-corrected chi connectivity index (χ0v) is 19.0. The van der Waals surface area contributed by atoms with Gasteiger partial charge < -0.3 is 4.74 Å². The van der Waals surface area contributed by atoms with E-state index < -0.39 is 15.9 Å². The van der Waals surface area contributed by atoms with Gasteiger partial charge in [-0.1, -0.05) is 42.5 Å². The molecule has 0 aliphatic carbocycles. The molecule has 0 fully saturated rings. The van der Waals surface area contributed by atoms with Crippen LogP contribution in [0, 0.1) is 0 Å². The first-order chi connectivity index (χ1) is 15.3. The number of anilines is 1. The van der Waals surface area contributed by atoms with E-state index in [1.165, 1.54) is 4.31 Å². The Morgan fingerprint density at radius 3 is 2.22 bits per heavy atom. The van der Waals surface area contributed by atoms with E-state index in [1.807, 2.05) is 42.5 Å². The van der Waals surface area contributed by atoms with Crippen molar-refractivity contribution in [3.63, 3.8) is 0 Å². The molecule has 0 saturated carbocycles. The summed E-state index contributed by atoms with van der Waals surface area (Å²) >= 11 is 0. The maximum atomic E-state index is 12.9. The quantitative estimate of drug-likeness (QED) is 0.417. The Hall–Kier alpha value is -3.65. The van der Waals surface area contributed by atoms with Crippen LogP contribution < -0.4 is 14.5 Å². The summed E-state index contributed by atoms with van der Waals surface area (Å²) in [5.74, 6) is 0.217. The number of carbonyl (C=O) groups excluding carboxylic acids is 1. The molecule has 166 valence electrons. The van der Waals surface area contributed by atoms with E-state index in [1.54, 1.807) is 50.4 Å². The molecule has 3 rings (SSSR count). The largest absolute Gasteiger partial charge is 0.497 e. The van der Waals surface area contributed by atoms with Crippen LogP contribution in [0.5, 0.6) is 5.75 Å². The molecule has 0 aliphatic heterocycles. The second-order valence-corrected chi connectivity index (χ2v) is 9.05. The summed E-state index contributed by atoms with van der Waals surface area (Å²) in [6.07, 6.45) is 1.12. The number of nitrogens with zero attached hydrogens (tertiary/aromatic N) is 2. The average Bonchev–Trinajstić information content (AvgIpc) is 2.81. The van der Waals surface area contributed by atoms with Crippen LogP contribution in [0.3, 0.4) is 0 Å². The smallest absolute Gasteiger partial charge is 0.273 e. The highest BCUT2D eigenvalue weighted by molar-refractivity contribution is 7.92. The molecule has 7 nitrogen and oxygen atoms in total. The summed E-state index contributed by atoms with van der Waals surface area (Å²) in [6, 6.07) is 23.1. The van der Waals surface area contributed by atoms with Crippen LogP contribution in [0.4, 0.5) is 5.69 Å². The van der Waals surface area contributed by atoms with Crippen LogP contribution in [0.1, 0.15) is 28.4 Å². The van der Waals surface area contributed by atoms with E-state index in [-0.39, 0.29) is 17.8 Å². The Morgan fingerprint density at radius 2 is 1.59 bits per heavy atom. The highest BCUT2D eigenvalue weighted by Gasteiger charge is 2.23. The SMILES string of the molecule is COc1ccc(/C(C)=N/NC(=O)c2ccccc2N(Cc2ccccc2)S(C)(=O)=O)cc1. The minimum absolute atomic E-state index is 0.109. The number of carbonyl (C=O) groups is 1. The van der Waals surface area contributed by atoms with Crippen molar-refractivity contribution >= 4 is 27.3 Å². The predicted molar refractivity (Wildman–Crippen MR) is 127 cm³/mol. The Bertz CT molecular complexity index is 1210. The lowest BCUT2D eigenvalue weighted by molar-refractivity contribution is 0.0955. The number of hydrogen-bond acceptors (Lipinski definition) is 5. The van der Waals surface area contributed by atoms with Crippen molar-refractivity contribution in [2.45, 2.75) is 13.5 Å². The Kier molecular flexibility index (Phi) is 7.27. The summed E-state index contributed by atoms with van der Waals surface area (Å²) < 4.78 is 31.5. The fourth-order valence-electron chi connectivity index (χ4n) is 3.11. The van der Waals surface area contributed by atoms with Gasteiger partial charge in [0, 0.05) is 0 Å². The number of hydrogen-bond donors (Lipinski definition) is 1. The van der Waals surface area contributed by atoms with E-state index in [0.717, 1.165) is 23.1 Å². The Balaban J connectivity index is 1.87. The molecule has 32 heavy (non-hydrogen) atoms. The van der Waals surface area contributed by atoms with Crippen LogP contribution in [-0.4, -0.2) is 33.4 Å². The van der Waals surface area contributed by atoms with Crippen molar-refractivity contribution in [2.75, 3.05) is 17.7 Å². The number of para-hydroxylation sites is 1. The number of nitrogens with one attached hydrogen (secondary N) is 1. The molecule has 0 bridgehead atoms. The molecule has 0 aliphatic rings. The second kappa shape index (κ2) is 10.1. The van der Waals surface area contributed by atoms with Crippen LogP contribution >= 0.6 is 0 Å².